The number of carbonyl (C=O) groups is 2. The molecule has 188 valence electrons. The molecular weight excluding hydrogens is 414 g/mol. The van der Waals surface area contributed by atoms with E-state index in [2.05, 4.69) is 33.0 Å². The van der Waals surface area contributed by atoms with Crippen LogP contribution in [0, 0.1) is 24.7 Å². The van der Waals surface area contributed by atoms with Crippen molar-refractivity contribution in [1.82, 2.24) is 10.2 Å². The standard InChI is InChI=1S/C27H47N3O3/c1-6-16-30(17-7-2)26(32)13-12-23(27(28)33)24(18-22-10-8-21(5)9-11-22)25(31)19-29-15-14-20(3)4/h8-11,20,23-25,29,31H,6-7,12-19H2,1-5H3,(H2,28,33)/t23?,24-,25-/m0/s1. The van der Waals surface area contributed by atoms with Crippen molar-refractivity contribution < 1.29 is 14.7 Å². The highest BCUT2D eigenvalue weighted by atomic mass is 16.3. The number of hydrogen-bond acceptors (Lipinski definition) is 4. The van der Waals surface area contributed by atoms with Crippen LogP contribution in [-0.4, -0.2) is 54.1 Å². The SMILES string of the molecule is CCCN(CCC)C(=O)CCC(C(N)=O)[C@H](Cc1ccc(C)cc1)[C@@H](O)CNCCC(C)C. The van der Waals surface area contributed by atoms with Crippen molar-refractivity contribution in [2.45, 2.75) is 79.2 Å². The van der Waals surface area contributed by atoms with E-state index in [1.54, 1.807) is 0 Å². The normalized spacial score (nSPS) is 14.2. The monoisotopic (exact) mass is 461 g/mol. The van der Waals surface area contributed by atoms with Crippen LogP contribution in [0.15, 0.2) is 24.3 Å². The van der Waals surface area contributed by atoms with Crippen LogP contribution in [0.4, 0.5) is 0 Å². The summed E-state index contributed by atoms with van der Waals surface area (Å²) in [6.45, 7) is 13.1. The van der Waals surface area contributed by atoms with Crippen LogP contribution < -0.4 is 11.1 Å². The van der Waals surface area contributed by atoms with E-state index in [1.807, 2.05) is 36.1 Å². The molecule has 0 heterocycles. The van der Waals surface area contributed by atoms with E-state index in [4.69, 9.17) is 5.73 Å². The number of benzene rings is 1. The van der Waals surface area contributed by atoms with Crippen LogP contribution in [0.5, 0.6) is 0 Å². The van der Waals surface area contributed by atoms with E-state index in [0.29, 0.717) is 25.3 Å². The molecule has 0 saturated heterocycles. The molecule has 0 fully saturated rings. The van der Waals surface area contributed by atoms with E-state index in [0.717, 1.165) is 50.0 Å². The number of amides is 2. The van der Waals surface area contributed by atoms with Crippen LogP contribution >= 0.6 is 0 Å². The van der Waals surface area contributed by atoms with Gasteiger partial charge < -0.3 is 21.1 Å². The molecule has 1 unspecified atom stereocenters. The molecule has 3 atom stereocenters. The first kappa shape index (κ1) is 29.1. The smallest absolute Gasteiger partial charge is 0.222 e. The third-order valence-corrected chi connectivity index (χ3v) is 6.23. The summed E-state index contributed by atoms with van der Waals surface area (Å²) in [4.78, 5) is 27.2. The minimum Gasteiger partial charge on any atom is -0.391 e. The molecule has 0 aliphatic rings. The van der Waals surface area contributed by atoms with Gasteiger partial charge in [-0.2, -0.15) is 0 Å². The predicted molar refractivity (Wildman–Crippen MR) is 136 cm³/mol. The van der Waals surface area contributed by atoms with Gasteiger partial charge >= 0.3 is 0 Å². The summed E-state index contributed by atoms with van der Waals surface area (Å²) in [5.74, 6) is -0.726. The number of nitrogens with two attached hydrogens (primary N) is 1. The first-order valence-electron chi connectivity index (χ1n) is 12.7. The summed E-state index contributed by atoms with van der Waals surface area (Å²) in [6, 6.07) is 8.15. The first-order chi connectivity index (χ1) is 15.7. The van der Waals surface area contributed by atoms with E-state index in [1.165, 1.54) is 0 Å². The number of primary amides is 1. The van der Waals surface area contributed by atoms with Gasteiger partial charge in [0.25, 0.3) is 0 Å². The Hall–Kier alpha value is -1.92. The molecule has 33 heavy (non-hydrogen) atoms. The molecule has 4 N–H and O–H groups in total. The zero-order chi connectivity index (χ0) is 24.8. The second kappa shape index (κ2) is 15.8. The fraction of sp³-hybridized carbons (Fsp3) is 0.704. The summed E-state index contributed by atoms with van der Waals surface area (Å²) < 4.78 is 0. The number of carbonyl (C=O) groups excluding carboxylic acids is 2. The summed E-state index contributed by atoms with van der Waals surface area (Å²) >= 11 is 0. The molecule has 0 radical (unpaired) electrons. The fourth-order valence-corrected chi connectivity index (χ4v) is 4.24. The summed E-state index contributed by atoms with van der Waals surface area (Å²) in [6.07, 6.45) is 3.27. The van der Waals surface area contributed by atoms with E-state index in [9.17, 15) is 14.7 Å². The van der Waals surface area contributed by atoms with Crippen molar-refractivity contribution in [3.63, 3.8) is 0 Å². The molecule has 2 amide bonds. The first-order valence-corrected chi connectivity index (χ1v) is 12.7. The highest BCUT2D eigenvalue weighted by Gasteiger charge is 2.33. The van der Waals surface area contributed by atoms with Crippen molar-refractivity contribution in [2.24, 2.45) is 23.5 Å². The molecule has 1 aromatic rings. The van der Waals surface area contributed by atoms with Gasteiger partial charge in [-0.15, -0.1) is 0 Å². The van der Waals surface area contributed by atoms with Gasteiger partial charge in [0.05, 0.1) is 6.10 Å². The molecule has 0 aliphatic carbocycles. The van der Waals surface area contributed by atoms with Crippen molar-refractivity contribution >= 4 is 11.8 Å². The minimum atomic E-state index is -0.728. The van der Waals surface area contributed by atoms with Crippen molar-refractivity contribution in [3.8, 4) is 0 Å². The third-order valence-electron chi connectivity index (χ3n) is 6.23. The highest BCUT2D eigenvalue weighted by molar-refractivity contribution is 5.80. The number of hydrogen-bond donors (Lipinski definition) is 3. The molecule has 6 nitrogen and oxygen atoms in total. The molecule has 1 aromatic carbocycles. The zero-order valence-electron chi connectivity index (χ0n) is 21.5. The Morgan fingerprint density at radius 3 is 2.18 bits per heavy atom. The Morgan fingerprint density at radius 2 is 1.67 bits per heavy atom. The quantitative estimate of drug-likeness (QED) is 0.308. The molecule has 0 aromatic heterocycles. The van der Waals surface area contributed by atoms with Gasteiger partial charge in [0.1, 0.15) is 0 Å². The van der Waals surface area contributed by atoms with Crippen LogP contribution in [0.2, 0.25) is 0 Å². The van der Waals surface area contributed by atoms with Gasteiger partial charge in [-0.1, -0.05) is 57.5 Å². The van der Waals surface area contributed by atoms with Gasteiger partial charge in [-0.25, -0.2) is 0 Å². The molecule has 0 saturated carbocycles. The topological polar surface area (TPSA) is 95.7 Å². The lowest BCUT2D eigenvalue weighted by Crippen LogP contribution is -2.43. The maximum atomic E-state index is 12.8. The second-order valence-electron chi connectivity index (χ2n) is 9.74. The lowest BCUT2D eigenvalue weighted by molar-refractivity contribution is -0.132. The Kier molecular flexibility index (Phi) is 14.0. The number of aliphatic hydroxyl groups excluding tert-OH is 1. The fourth-order valence-electron chi connectivity index (χ4n) is 4.24. The number of aliphatic hydroxyl groups is 1. The Morgan fingerprint density at radius 1 is 1.06 bits per heavy atom. The van der Waals surface area contributed by atoms with Gasteiger partial charge in [0.15, 0.2) is 0 Å². The lowest BCUT2D eigenvalue weighted by atomic mass is 9.79. The number of rotatable bonds is 17. The van der Waals surface area contributed by atoms with Crippen molar-refractivity contribution in [1.29, 1.82) is 0 Å². The molecule has 0 aliphatic heterocycles. The predicted octanol–water partition coefficient (Wildman–Crippen LogP) is 3.68. The van der Waals surface area contributed by atoms with Gasteiger partial charge in [0, 0.05) is 37.9 Å². The average Bonchev–Trinajstić information content (AvgIpc) is 2.76. The van der Waals surface area contributed by atoms with Crippen LogP contribution in [0.3, 0.4) is 0 Å². The maximum absolute atomic E-state index is 12.8. The van der Waals surface area contributed by atoms with Gasteiger partial charge in [0.2, 0.25) is 11.8 Å². The van der Waals surface area contributed by atoms with Crippen molar-refractivity contribution in [3.05, 3.63) is 35.4 Å². The van der Waals surface area contributed by atoms with Gasteiger partial charge in [-0.3, -0.25) is 9.59 Å². The van der Waals surface area contributed by atoms with E-state index >= 15 is 0 Å². The summed E-state index contributed by atoms with van der Waals surface area (Å²) in [5, 5.41) is 14.4. The van der Waals surface area contributed by atoms with Crippen LogP contribution in [-0.2, 0) is 16.0 Å². The largest absolute Gasteiger partial charge is 0.391 e. The Bertz CT molecular complexity index is 684. The second-order valence-corrected chi connectivity index (χ2v) is 9.74. The number of nitrogens with one attached hydrogen (secondary N) is 1. The molecule has 6 heteroatoms. The molecular formula is C27H47N3O3. The maximum Gasteiger partial charge on any atom is 0.222 e. The number of nitrogens with zero attached hydrogens (tertiary/aromatic N) is 1. The van der Waals surface area contributed by atoms with Crippen molar-refractivity contribution in [2.75, 3.05) is 26.2 Å². The third kappa shape index (κ3) is 11.2. The molecule has 1 rings (SSSR count). The zero-order valence-corrected chi connectivity index (χ0v) is 21.5. The van der Waals surface area contributed by atoms with E-state index < -0.39 is 17.9 Å². The van der Waals surface area contributed by atoms with Gasteiger partial charge in [-0.05, 0) is 57.1 Å². The highest BCUT2D eigenvalue weighted by Crippen LogP contribution is 2.26. The molecule has 0 spiro atoms. The van der Waals surface area contributed by atoms with Crippen LogP contribution in [0.1, 0.15) is 70.9 Å². The van der Waals surface area contributed by atoms with E-state index in [-0.39, 0.29) is 18.2 Å². The molecule has 0 bridgehead atoms. The lowest BCUT2D eigenvalue weighted by Gasteiger charge is -2.30. The summed E-state index contributed by atoms with van der Waals surface area (Å²) in [7, 11) is 0. The van der Waals surface area contributed by atoms with Crippen LogP contribution in [0.25, 0.3) is 0 Å². The minimum absolute atomic E-state index is 0.0589. The summed E-state index contributed by atoms with van der Waals surface area (Å²) in [5.41, 5.74) is 8.05. The number of aryl methyl sites for hydroxylation is 1. The Balaban J connectivity index is 2.96. The average molecular weight is 462 g/mol. The Labute approximate surface area is 201 Å².